The number of aryl methyl sites for hydroxylation is 1. The van der Waals surface area contributed by atoms with Gasteiger partial charge in [-0.1, -0.05) is 53.2 Å². The molecule has 2 aromatic carbocycles. The van der Waals surface area contributed by atoms with E-state index in [1.807, 2.05) is 31.2 Å². The second-order valence-corrected chi connectivity index (χ2v) is 11.6. The molecule has 0 bridgehead atoms. The van der Waals surface area contributed by atoms with Gasteiger partial charge in [-0.3, -0.25) is 4.79 Å². The van der Waals surface area contributed by atoms with Gasteiger partial charge in [-0.05, 0) is 18.6 Å². The number of hydrogen-bond acceptors (Lipinski definition) is 6. The number of halogens is 1. The third-order valence-electron chi connectivity index (χ3n) is 5.44. The van der Waals surface area contributed by atoms with E-state index in [2.05, 4.69) is 4.99 Å². The van der Waals surface area contributed by atoms with Crippen molar-refractivity contribution in [2.75, 3.05) is 30.6 Å². The zero-order valence-corrected chi connectivity index (χ0v) is 20.3. The van der Waals surface area contributed by atoms with Crippen molar-refractivity contribution >= 4 is 50.0 Å². The van der Waals surface area contributed by atoms with Crippen LogP contribution in [0.2, 0.25) is 5.02 Å². The Morgan fingerprint density at radius 2 is 1.94 bits per heavy atom. The van der Waals surface area contributed by atoms with Gasteiger partial charge in [0.25, 0.3) is 5.91 Å². The first kappa shape index (κ1) is 22.9. The van der Waals surface area contributed by atoms with Crippen LogP contribution in [0.15, 0.2) is 41.4 Å². The molecule has 0 N–H and O–H groups in total. The normalized spacial score (nSPS) is 22.8. The van der Waals surface area contributed by atoms with Crippen molar-refractivity contribution in [1.29, 1.82) is 0 Å². The molecule has 2 saturated heterocycles. The van der Waals surface area contributed by atoms with Gasteiger partial charge in [0.1, 0.15) is 11.5 Å². The zero-order chi connectivity index (χ0) is 23.0. The molecule has 7 nitrogen and oxygen atoms in total. The van der Waals surface area contributed by atoms with E-state index in [1.54, 1.807) is 17.0 Å². The van der Waals surface area contributed by atoms with Gasteiger partial charge in [0.05, 0.1) is 48.9 Å². The fourth-order valence-corrected chi connectivity index (χ4v) is 8.18. The smallest absolute Gasteiger partial charge is 0.252 e. The highest BCUT2D eigenvalue weighted by atomic mass is 35.5. The SMILES string of the molecule is COc1cc(OC)c(N2C(=NC(=O)Cc3cccc(C)c3)S[C@@H]3CS(=O)(=O)C[C@H]32)cc1Cl. The molecule has 0 aromatic heterocycles. The highest BCUT2D eigenvalue weighted by Crippen LogP contribution is 2.46. The molecule has 1 amide bonds. The van der Waals surface area contributed by atoms with E-state index in [9.17, 15) is 13.2 Å². The molecule has 10 heteroatoms. The summed E-state index contributed by atoms with van der Waals surface area (Å²) >= 11 is 7.68. The second kappa shape index (κ2) is 8.96. The number of benzene rings is 2. The van der Waals surface area contributed by atoms with Crippen LogP contribution in [0.25, 0.3) is 0 Å². The van der Waals surface area contributed by atoms with E-state index in [4.69, 9.17) is 21.1 Å². The van der Waals surface area contributed by atoms with Gasteiger partial charge in [0.15, 0.2) is 15.0 Å². The van der Waals surface area contributed by atoms with Crippen molar-refractivity contribution in [2.45, 2.75) is 24.6 Å². The van der Waals surface area contributed by atoms with Crippen molar-refractivity contribution in [2.24, 2.45) is 4.99 Å². The monoisotopic (exact) mass is 494 g/mol. The summed E-state index contributed by atoms with van der Waals surface area (Å²) in [5.74, 6) is 0.599. The molecule has 2 aromatic rings. The summed E-state index contributed by atoms with van der Waals surface area (Å²) in [6, 6.07) is 10.6. The molecule has 2 aliphatic heterocycles. The lowest BCUT2D eigenvalue weighted by Gasteiger charge is -2.26. The van der Waals surface area contributed by atoms with Crippen LogP contribution in [0.3, 0.4) is 0 Å². The van der Waals surface area contributed by atoms with E-state index < -0.39 is 9.84 Å². The average Bonchev–Trinajstić information content (AvgIpc) is 3.18. The summed E-state index contributed by atoms with van der Waals surface area (Å²) in [6.45, 7) is 1.97. The molecule has 170 valence electrons. The summed E-state index contributed by atoms with van der Waals surface area (Å²) in [6.07, 6.45) is 0.160. The first-order chi connectivity index (χ1) is 15.2. The van der Waals surface area contributed by atoms with E-state index in [1.165, 1.54) is 26.0 Å². The predicted molar refractivity (Wildman–Crippen MR) is 128 cm³/mol. The number of ether oxygens (including phenoxy) is 2. The lowest BCUT2D eigenvalue weighted by atomic mass is 10.1. The third-order valence-corrected chi connectivity index (χ3v) is 8.94. The molecule has 0 spiro atoms. The number of amidine groups is 1. The number of carbonyl (C=O) groups is 1. The maximum atomic E-state index is 12.8. The molecular formula is C22H23ClN2O5S2. The number of sulfone groups is 1. The molecule has 4 rings (SSSR count). The minimum absolute atomic E-state index is 0.0252. The lowest BCUT2D eigenvalue weighted by molar-refractivity contribution is -0.117. The fraction of sp³-hybridized carbons (Fsp3) is 0.364. The van der Waals surface area contributed by atoms with Crippen LogP contribution in [-0.2, 0) is 21.1 Å². The predicted octanol–water partition coefficient (Wildman–Crippen LogP) is 3.51. The Hall–Kier alpha value is -2.23. The van der Waals surface area contributed by atoms with Crippen molar-refractivity contribution in [3.63, 3.8) is 0 Å². The van der Waals surface area contributed by atoms with Gasteiger partial charge >= 0.3 is 0 Å². The Kier molecular flexibility index (Phi) is 6.42. The summed E-state index contributed by atoms with van der Waals surface area (Å²) < 4.78 is 35.5. The quantitative estimate of drug-likeness (QED) is 0.628. The van der Waals surface area contributed by atoms with Crippen LogP contribution in [0.5, 0.6) is 11.5 Å². The Morgan fingerprint density at radius 3 is 2.62 bits per heavy atom. The maximum absolute atomic E-state index is 12.8. The minimum atomic E-state index is -3.20. The molecule has 0 aliphatic carbocycles. The van der Waals surface area contributed by atoms with Gasteiger partial charge in [-0.25, -0.2) is 8.42 Å². The Balaban J connectivity index is 1.73. The average molecular weight is 495 g/mol. The molecule has 2 fully saturated rings. The highest BCUT2D eigenvalue weighted by molar-refractivity contribution is 8.16. The topological polar surface area (TPSA) is 85.3 Å². The van der Waals surface area contributed by atoms with Crippen LogP contribution in [0.4, 0.5) is 5.69 Å². The summed E-state index contributed by atoms with van der Waals surface area (Å²) in [7, 11) is -0.181. The van der Waals surface area contributed by atoms with Gasteiger partial charge in [-0.15, -0.1) is 0 Å². The maximum Gasteiger partial charge on any atom is 0.252 e. The molecule has 0 radical (unpaired) electrons. The van der Waals surface area contributed by atoms with Crippen LogP contribution < -0.4 is 14.4 Å². The largest absolute Gasteiger partial charge is 0.495 e. The molecular weight excluding hydrogens is 472 g/mol. The number of amides is 1. The first-order valence-corrected chi connectivity index (χ1v) is 13.0. The van der Waals surface area contributed by atoms with Gasteiger partial charge in [-0.2, -0.15) is 4.99 Å². The summed E-state index contributed by atoms with van der Waals surface area (Å²) in [4.78, 5) is 19.0. The third kappa shape index (κ3) is 4.60. The lowest BCUT2D eigenvalue weighted by Crippen LogP contribution is -2.38. The number of aliphatic imine (C=N–C) groups is 1. The molecule has 2 heterocycles. The number of fused-ring (bicyclic) bond motifs is 1. The first-order valence-electron chi connectivity index (χ1n) is 9.95. The van der Waals surface area contributed by atoms with Crippen molar-refractivity contribution in [1.82, 2.24) is 0 Å². The van der Waals surface area contributed by atoms with E-state index in [0.29, 0.717) is 27.4 Å². The second-order valence-electron chi connectivity index (χ2n) is 7.78. The van der Waals surface area contributed by atoms with Crippen LogP contribution in [0.1, 0.15) is 11.1 Å². The fourth-order valence-electron chi connectivity index (χ4n) is 4.02. The minimum Gasteiger partial charge on any atom is -0.495 e. The van der Waals surface area contributed by atoms with Crippen molar-refractivity contribution in [3.05, 3.63) is 52.5 Å². The number of rotatable bonds is 5. The van der Waals surface area contributed by atoms with Crippen LogP contribution in [0, 0.1) is 6.92 Å². The van der Waals surface area contributed by atoms with E-state index >= 15 is 0 Å². The van der Waals surface area contributed by atoms with Crippen molar-refractivity contribution in [3.8, 4) is 11.5 Å². The van der Waals surface area contributed by atoms with Gasteiger partial charge in [0, 0.05) is 11.3 Å². The highest BCUT2D eigenvalue weighted by Gasteiger charge is 2.50. The number of nitrogens with zero attached hydrogens (tertiary/aromatic N) is 2. The number of methoxy groups -OCH3 is 2. The van der Waals surface area contributed by atoms with Crippen LogP contribution in [-0.4, -0.2) is 56.5 Å². The Labute approximate surface area is 196 Å². The molecule has 32 heavy (non-hydrogen) atoms. The summed E-state index contributed by atoms with van der Waals surface area (Å²) in [5.41, 5.74) is 2.50. The molecule has 0 saturated carbocycles. The van der Waals surface area contributed by atoms with E-state index in [-0.39, 0.29) is 35.1 Å². The molecule has 2 atom stereocenters. The number of carbonyl (C=O) groups excluding carboxylic acids is 1. The number of thioether (sulfide) groups is 1. The Morgan fingerprint density at radius 1 is 1.19 bits per heavy atom. The van der Waals surface area contributed by atoms with Gasteiger partial charge < -0.3 is 14.4 Å². The standard InChI is InChI=1S/C22H23ClN2O5S2/c1-13-5-4-6-14(7-13)8-21(26)24-22-25(17-11-32(27,28)12-20(17)31-22)16-9-15(23)18(29-2)10-19(16)30-3/h4-7,9-10,17,20H,8,11-12H2,1-3H3/t17-,20-/m1/s1. The number of anilines is 1. The van der Waals surface area contributed by atoms with Crippen LogP contribution >= 0.6 is 23.4 Å². The van der Waals surface area contributed by atoms with E-state index in [0.717, 1.165) is 11.1 Å². The summed E-state index contributed by atoms with van der Waals surface area (Å²) in [5, 5.41) is 0.575. The van der Waals surface area contributed by atoms with Crippen molar-refractivity contribution < 1.29 is 22.7 Å². The van der Waals surface area contributed by atoms with Gasteiger partial charge in [0.2, 0.25) is 0 Å². The molecule has 0 unspecified atom stereocenters. The number of hydrogen-bond donors (Lipinski definition) is 0. The molecule has 2 aliphatic rings. The zero-order valence-electron chi connectivity index (χ0n) is 17.9. The Bertz CT molecular complexity index is 1200.